The molecule has 0 bridgehead atoms. The van der Waals surface area contributed by atoms with Crippen molar-refractivity contribution in [1.82, 2.24) is 10.3 Å². The first-order valence-electron chi connectivity index (χ1n) is 8.18. The van der Waals surface area contributed by atoms with Gasteiger partial charge in [-0.3, -0.25) is 9.00 Å². The molecule has 0 unspecified atom stereocenters. The number of carbonyl (C=O) groups is 1. The van der Waals surface area contributed by atoms with Gasteiger partial charge in [-0.25, -0.2) is 4.98 Å². The topological polar surface area (TPSA) is 72.2 Å². The van der Waals surface area contributed by atoms with E-state index in [1.165, 1.54) is 16.9 Å². The summed E-state index contributed by atoms with van der Waals surface area (Å²) in [5.74, 6) is 1.10. The van der Waals surface area contributed by atoms with Gasteiger partial charge in [0.1, 0.15) is 11.5 Å². The van der Waals surface area contributed by atoms with E-state index in [-0.39, 0.29) is 17.4 Å². The molecule has 0 radical (unpaired) electrons. The highest BCUT2D eigenvalue weighted by atomic mass is 32.2. The van der Waals surface area contributed by atoms with Crippen LogP contribution < -0.4 is 5.32 Å². The van der Waals surface area contributed by atoms with Gasteiger partial charge in [0.05, 0.1) is 16.3 Å². The fourth-order valence-electron chi connectivity index (χ4n) is 2.37. The van der Waals surface area contributed by atoms with Crippen molar-refractivity contribution in [1.29, 1.82) is 0 Å². The standard InChI is InChI=1S/C19H20N2O3S2/c1-13-5-7-15(8-6-13)10-20-18(22)12-26(23)11-16-14(2)24-19(21-16)17-4-3-9-25-17/h3-9H,10-12H2,1-2H3,(H,20,22)/t26-/m0/s1. The lowest BCUT2D eigenvalue weighted by atomic mass is 10.1. The lowest BCUT2D eigenvalue weighted by molar-refractivity contribution is -0.118. The van der Waals surface area contributed by atoms with Crippen LogP contribution in [0.3, 0.4) is 0 Å². The van der Waals surface area contributed by atoms with E-state index < -0.39 is 10.8 Å². The molecule has 26 heavy (non-hydrogen) atoms. The van der Waals surface area contributed by atoms with Crippen molar-refractivity contribution in [3.63, 3.8) is 0 Å². The Morgan fingerprint density at radius 3 is 2.69 bits per heavy atom. The van der Waals surface area contributed by atoms with Crippen LogP contribution in [0, 0.1) is 13.8 Å². The van der Waals surface area contributed by atoms with E-state index in [1.807, 2.05) is 48.7 Å². The molecule has 2 aromatic heterocycles. The average molecular weight is 389 g/mol. The Hall–Kier alpha value is -2.25. The molecule has 1 amide bonds. The molecule has 1 aromatic carbocycles. The summed E-state index contributed by atoms with van der Waals surface area (Å²) < 4.78 is 17.9. The monoisotopic (exact) mass is 388 g/mol. The Kier molecular flexibility index (Phi) is 6.00. The number of rotatable bonds is 7. The number of hydrogen-bond donors (Lipinski definition) is 1. The fraction of sp³-hybridized carbons (Fsp3) is 0.263. The zero-order valence-corrected chi connectivity index (χ0v) is 16.3. The molecule has 0 aliphatic heterocycles. The number of hydrogen-bond acceptors (Lipinski definition) is 5. The summed E-state index contributed by atoms with van der Waals surface area (Å²) in [6.45, 7) is 4.25. The normalized spacial score (nSPS) is 12.1. The third kappa shape index (κ3) is 4.89. The summed E-state index contributed by atoms with van der Waals surface area (Å²) in [5.41, 5.74) is 2.83. The highest BCUT2D eigenvalue weighted by Gasteiger charge is 2.16. The number of thiophene rings is 1. The zero-order chi connectivity index (χ0) is 18.5. The largest absolute Gasteiger partial charge is 0.440 e. The van der Waals surface area contributed by atoms with Gasteiger partial charge in [0.2, 0.25) is 11.8 Å². The van der Waals surface area contributed by atoms with Crippen LogP contribution in [0.15, 0.2) is 46.2 Å². The summed E-state index contributed by atoms with van der Waals surface area (Å²) in [6, 6.07) is 11.8. The van der Waals surface area contributed by atoms with Crippen LogP contribution in [0.4, 0.5) is 0 Å². The van der Waals surface area contributed by atoms with Crippen LogP contribution in [0.1, 0.15) is 22.6 Å². The maximum absolute atomic E-state index is 12.3. The van der Waals surface area contributed by atoms with Gasteiger partial charge in [0.25, 0.3) is 0 Å². The molecule has 0 aliphatic carbocycles. The highest BCUT2D eigenvalue weighted by Crippen LogP contribution is 2.26. The van der Waals surface area contributed by atoms with Gasteiger partial charge in [-0.15, -0.1) is 11.3 Å². The van der Waals surface area contributed by atoms with Crippen LogP contribution >= 0.6 is 11.3 Å². The SMILES string of the molecule is Cc1ccc(CNC(=O)C[S@@](=O)Cc2nc(-c3cccs3)oc2C)cc1. The maximum Gasteiger partial charge on any atom is 0.236 e. The highest BCUT2D eigenvalue weighted by molar-refractivity contribution is 7.84. The van der Waals surface area contributed by atoms with Crippen molar-refractivity contribution in [2.75, 3.05) is 5.75 Å². The first kappa shape index (κ1) is 18.5. The van der Waals surface area contributed by atoms with Crippen molar-refractivity contribution < 1.29 is 13.4 Å². The summed E-state index contributed by atoms with van der Waals surface area (Å²) in [5, 5.41) is 4.75. The van der Waals surface area contributed by atoms with E-state index in [2.05, 4.69) is 10.3 Å². The molecule has 136 valence electrons. The number of benzene rings is 1. The smallest absolute Gasteiger partial charge is 0.236 e. The number of carbonyl (C=O) groups excluding carboxylic acids is 1. The predicted molar refractivity (Wildman–Crippen MR) is 104 cm³/mol. The molecule has 0 saturated heterocycles. The molecule has 1 atom stereocenters. The van der Waals surface area contributed by atoms with Gasteiger partial charge in [0.15, 0.2) is 0 Å². The zero-order valence-electron chi connectivity index (χ0n) is 14.7. The number of oxazole rings is 1. The second-order valence-corrected chi connectivity index (χ2v) is 8.39. The van der Waals surface area contributed by atoms with Gasteiger partial charge in [-0.2, -0.15) is 0 Å². The predicted octanol–water partition coefficient (Wildman–Crippen LogP) is 3.59. The molecule has 3 aromatic rings. The van der Waals surface area contributed by atoms with Crippen molar-refractivity contribution in [2.45, 2.75) is 26.1 Å². The molecule has 2 heterocycles. The van der Waals surface area contributed by atoms with E-state index in [0.717, 1.165) is 10.4 Å². The first-order chi connectivity index (χ1) is 12.5. The molecular formula is C19H20N2O3S2. The summed E-state index contributed by atoms with van der Waals surface area (Å²) in [7, 11) is -1.34. The maximum atomic E-state index is 12.3. The van der Waals surface area contributed by atoms with E-state index in [9.17, 15) is 9.00 Å². The van der Waals surface area contributed by atoms with Crippen LogP contribution in [-0.4, -0.2) is 20.9 Å². The lowest BCUT2D eigenvalue weighted by Gasteiger charge is -2.05. The van der Waals surface area contributed by atoms with Gasteiger partial charge in [0, 0.05) is 17.3 Å². The summed E-state index contributed by atoms with van der Waals surface area (Å²) in [6.07, 6.45) is 0. The van der Waals surface area contributed by atoms with E-state index in [4.69, 9.17) is 4.42 Å². The van der Waals surface area contributed by atoms with E-state index in [0.29, 0.717) is 23.9 Å². The minimum absolute atomic E-state index is 0.0491. The lowest BCUT2D eigenvalue weighted by Crippen LogP contribution is -2.28. The van der Waals surface area contributed by atoms with E-state index in [1.54, 1.807) is 6.92 Å². The number of aryl methyl sites for hydroxylation is 2. The molecule has 3 rings (SSSR count). The van der Waals surface area contributed by atoms with Crippen LogP contribution in [0.25, 0.3) is 10.8 Å². The minimum atomic E-state index is -1.34. The summed E-state index contributed by atoms with van der Waals surface area (Å²) >= 11 is 1.54. The molecule has 0 aliphatic rings. The Balaban J connectivity index is 1.52. The van der Waals surface area contributed by atoms with Crippen molar-refractivity contribution >= 4 is 28.0 Å². The van der Waals surface area contributed by atoms with Crippen LogP contribution in [-0.2, 0) is 27.9 Å². The second-order valence-electron chi connectivity index (χ2n) is 5.99. The number of amides is 1. The third-order valence-corrected chi connectivity index (χ3v) is 5.86. The van der Waals surface area contributed by atoms with Gasteiger partial charge in [-0.1, -0.05) is 35.9 Å². The number of nitrogens with zero attached hydrogens (tertiary/aromatic N) is 1. The fourth-order valence-corrected chi connectivity index (χ4v) is 4.09. The molecular weight excluding hydrogens is 368 g/mol. The van der Waals surface area contributed by atoms with Crippen molar-refractivity contribution in [2.24, 2.45) is 0 Å². The van der Waals surface area contributed by atoms with Crippen LogP contribution in [0.2, 0.25) is 0 Å². The second kappa shape index (κ2) is 8.42. The Labute approximate surface area is 158 Å². The Bertz CT molecular complexity index is 900. The Morgan fingerprint density at radius 1 is 1.23 bits per heavy atom. The minimum Gasteiger partial charge on any atom is -0.440 e. The van der Waals surface area contributed by atoms with Crippen molar-refractivity contribution in [3.05, 3.63) is 64.4 Å². The molecule has 0 saturated carbocycles. The molecule has 0 spiro atoms. The van der Waals surface area contributed by atoms with Crippen molar-refractivity contribution in [3.8, 4) is 10.8 Å². The van der Waals surface area contributed by atoms with Gasteiger partial charge < -0.3 is 9.73 Å². The molecule has 0 fully saturated rings. The first-order valence-corrected chi connectivity index (χ1v) is 10.6. The van der Waals surface area contributed by atoms with E-state index >= 15 is 0 Å². The van der Waals surface area contributed by atoms with Crippen LogP contribution in [0.5, 0.6) is 0 Å². The van der Waals surface area contributed by atoms with Gasteiger partial charge in [-0.05, 0) is 30.9 Å². The summed E-state index contributed by atoms with van der Waals surface area (Å²) in [4.78, 5) is 17.4. The average Bonchev–Trinajstić information content (AvgIpc) is 3.25. The number of aromatic nitrogens is 1. The molecule has 7 heteroatoms. The third-order valence-electron chi connectivity index (χ3n) is 3.82. The Morgan fingerprint density at radius 2 is 2.00 bits per heavy atom. The molecule has 1 N–H and O–H groups in total. The quantitative estimate of drug-likeness (QED) is 0.671. The van der Waals surface area contributed by atoms with Gasteiger partial charge >= 0.3 is 0 Å². The number of nitrogens with one attached hydrogen (secondary N) is 1. The molecule has 5 nitrogen and oxygen atoms in total.